The van der Waals surface area contributed by atoms with Gasteiger partial charge in [0.15, 0.2) is 0 Å². The van der Waals surface area contributed by atoms with Crippen molar-refractivity contribution in [3.63, 3.8) is 0 Å². The molecule has 2 aromatic heterocycles. The van der Waals surface area contributed by atoms with Crippen molar-refractivity contribution in [2.24, 2.45) is 0 Å². The topological polar surface area (TPSA) is 133 Å². The van der Waals surface area contributed by atoms with Crippen LogP contribution in [0, 0.1) is 0 Å². The van der Waals surface area contributed by atoms with E-state index in [1.165, 1.54) is 0 Å². The summed E-state index contributed by atoms with van der Waals surface area (Å²) in [6.07, 6.45) is 11.5. The summed E-state index contributed by atoms with van der Waals surface area (Å²) in [6.45, 7) is 40.1. The van der Waals surface area contributed by atoms with Gasteiger partial charge in [0.1, 0.15) is 13.2 Å². The van der Waals surface area contributed by atoms with Crippen molar-refractivity contribution in [2.75, 3.05) is 72.1 Å². The largest absolute Gasteiger partial charge is 0.459 e. The Morgan fingerprint density at radius 1 is 0.517 bits per heavy atom. The Kier molecular flexibility index (Phi) is 16.5. The van der Waals surface area contributed by atoms with Crippen LogP contribution in [-0.4, -0.2) is 117 Å². The zero-order chi connectivity index (χ0) is 42.7. The van der Waals surface area contributed by atoms with Gasteiger partial charge in [0.2, 0.25) is 23.8 Å². The maximum atomic E-state index is 5.96. The van der Waals surface area contributed by atoms with Gasteiger partial charge in [0, 0.05) is 73.5 Å². The van der Waals surface area contributed by atoms with Crippen molar-refractivity contribution >= 4 is 23.8 Å². The van der Waals surface area contributed by atoms with E-state index in [0.29, 0.717) is 49.0 Å². The maximum absolute atomic E-state index is 5.96. The van der Waals surface area contributed by atoms with Crippen molar-refractivity contribution < 1.29 is 9.47 Å². The second-order valence-corrected chi connectivity index (χ2v) is 18.7. The van der Waals surface area contributed by atoms with E-state index in [-0.39, 0.29) is 34.2 Å². The fraction of sp³-hybridized carbons (Fsp3) is 0.773. The molecule has 2 saturated heterocycles. The Bertz CT molecular complexity index is 1460. The van der Waals surface area contributed by atoms with E-state index in [9.17, 15) is 0 Å². The molecule has 4 rings (SSSR count). The fourth-order valence-corrected chi connectivity index (χ4v) is 9.41. The van der Waals surface area contributed by atoms with Crippen LogP contribution in [0.5, 0.6) is 12.0 Å². The lowest BCUT2D eigenvalue weighted by Gasteiger charge is -2.50. The van der Waals surface area contributed by atoms with Crippen LogP contribution in [0.4, 0.5) is 23.8 Å². The van der Waals surface area contributed by atoms with Crippen molar-refractivity contribution in [3.05, 3.63) is 25.3 Å². The summed E-state index contributed by atoms with van der Waals surface area (Å²) in [6, 6.07) is 1.17. The highest BCUT2D eigenvalue weighted by Crippen LogP contribution is 2.36. The lowest BCUT2D eigenvalue weighted by atomic mass is 9.79. The third-order valence-corrected chi connectivity index (χ3v) is 11.2. The number of piperidine rings is 2. The first-order valence-corrected chi connectivity index (χ1v) is 22.0. The number of nitrogens with one attached hydrogen (secondary N) is 2. The van der Waals surface area contributed by atoms with Crippen LogP contribution in [-0.2, 0) is 0 Å². The summed E-state index contributed by atoms with van der Waals surface area (Å²) in [5.41, 5.74) is -0.168. The van der Waals surface area contributed by atoms with Crippen LogP contribution < -0.4 is 39.7 Å². The molecule has 2 aromatic rings. The summed E-state index contributed by atoms with van der Waals surface area (Å²) in [5.74, 6) is 2.67. The van der Waals surface area contributed by atoms with Crippen LogP contribution in [0.2, 0.25) is 0 Å². The van der Waals surface area contributed by atoms with E-state index in [1.54, 1.807) is 12.2 Å². The van der Waals surface area contributed by atoms with Crippen molar-refractivity contribution in [2.45, 2.75) is 169 Å². The molecule has 14 nitrogen and oxygen atoms in total. The van der Waals surface area contributed by atoms with Gasteiger partial charge >= 0.3 is 12.0 Å². The van der Waals surface area contributed by atoms with Gasteiger partial charge in [-0.3, -0.25) is 0 Å². The molecule has 0 aromatic carbocycles. The number of hydrogen-bond donors (Lipinski definition) is 2. The van der Waals surface area contributed by atoms with Gasteiger partial charge in [-0.1, -0.05) is 38.2 Å². The molecule has 0 amide bonds. The predicted octanol–water partition coefficient (Wildman–Crippen LogP) is 7.37. The number of anilines is 4. The van der Waals surface area contributed by atoms with Gasteiger partial charge in [0.05, 0.1) is 0 Å². The Labute approximate surface area is 351 Å². The molecule has 2 aliphatic heterocycles. The van der Waals surface area contributed by atoms with Crippen LogP contribution in [0.1, 0.15) is 134 Å². The number of nitrogens with zero attached hydrogens (tertiary/aromatic N) is 10. The molecule has 0 unspecified atom stereocenters. The second kappa shape index (κ2) is 20.5. The molecule has 58 heavy (non-hydrogen) atoms. The molecule has 326 valence electrons. The monoisotopic (exact) mass is 807 g/mol. The van der Waals surface area contributed by atoms with Crippen LogP contribution in [0.25, 0.3) is 0 Å². The molecular weight excluding hydrogens is 729 g/mol. The van der Waals surface area contributed by atoms with Gasteiger partial charge in [-0.15, -0.1) is 0 Å². The minimum atomic E-state index is -0.0421. The highest BCUT2D eigenvalue weighted by Gasteiger charge is 2.42. The summed E-state index contributed by atoms with van der Waals surface area (Å²) in [5, 5.41) is 7.74. The quantitative estimate of drug-likeness (QED) is 0.0856. The summed E-state index contributed by atoms with van der Waals surface area (Å²) >= 11 is 0. The predicted molar refractivity (Wildman–Crippen MR) is 240 cm³/mol. The molecule has 2 fully saturated rings. The number of aromatic nitrogens is 6. The lowest BCUT2D eigenvalue weighted by Crippen LogP contribution is -2.62. The minimum absolute atomic E-state index is 0.0421. The van der Waals surface area contributed by atoms with Gasteiger partial charge in [-0.2, -0.15) is 29.9 Å². The maximum Gasteiger partial charge on any atom is 0.323 e. The molecule has 0 atom stereocenters. The first-order chi connectivity index (χ1) is 27.4. The first kappa shape index (κ1) is 46.9. The smallest absolute Gasteiger partial charge is 0.323 e. The fourth-order valence-electron chi connectivity index (χ4n) is 9.41. The molecule has 0 saturated carbocycles. The summed E-state index contributed by atoms with van der Waals surface area (Å²) in [7, 11) is 0. The summed E-state index contributed by atoms with van der Waals surface area (Å²) in [4.78, 5) is 38.7. The SMILES string of the molecule is C=CCOc1nc(N(CC)CC)nc(N(CCCCCCN(c2nc(OCC=C)nc(N(CC)CC)n2)C2CC(C)(C)NC(C)(C)C2)C2CC(C)(C)NC(C)(C)C2)n1. The first-order valence-electron chi connectivity index (χ1n) is 22.0. The Morgan fingerprint density at radius 2 is 0.828 bits per heavy atom. The number of ether oxygens (including phenoxy) is 2. The van der Waals surface area contributed by atoms with Crippen LogP contribution >= 0.6 is 0 Å². The van der Waals surface area contributed by atoms with Gasteiger partial charge in [0.25, 0.3) is 0 Å². The molecule has 0 aliphatic carbocycles. The number of hydrogen-bond acceptors (Lipinski definition) is 14. The Balaban J connectivity index is 1.59. The Hall–Kier alpha value is -3.78. The van der Waals surface area contributed by atoms with E-state index < -0.39 is 0 Å². The molecule has 0 radical (unpaired) electrons. The molecule has 2 aliphatic rings. The van der Waals surface area contributed by atoms with E-state index in [4.69, 9.17) is 39.4 Å². The standard InChI is InChI=1S/C44H78N12O2/c1-15-27-57-39-47-35(53(17-3)18-4)45-37(49-39)55(33-29-41(7,8)51-42(9,10)30-33)25-23-21-22-24-26-56(34-31-43(11,12)52-44(13,14)32-34)38-46-36(54(19-5)20-6)48-40(50-38)58-28-16-2/h15-16,33-34,51-52H,1-2,17-32H2,3-14H3. The second-order valence-electron chi connectivity index (χ2n) is 18.7. The zero-order valence-electron chi connectivity index (χ0n) is 38.3. The average molecular weight is 807 g/mol. The van der Waals surface area contributed by atoms with Gasteiger partial charge in [-0.05, 0) is 122 Å². The van der Waals surface area contributed by atoms with Gasteiger partial charge in [-0.25, -0.2) is 0 Å². The van der Waals surface area contributed by atoms with Crippen LogP contribution in [0.15, 0.2) is 25.3 Å². The number of unbranched alkanes of at least 4 members (excludes halogenated alkanes) is 3. The lowest BCUT2D eigenvalue weighted by molar-refractivity contribution is 0.156. The van der Waals surface area contributed by atoms with Crippen LogP contribution in [0.3, 0.4) is 0 Å². The molecular formula is C44H78N12O2. The van der Waals surface area contributed by atoms with Crippen molar-refractivity contribution in [1.29, 1.82) is 0 Å². The molecule has 14 heteroatoms. The third-order valence-electron chi connectivity index (χ3n) is 11.2. The highest BCUT2D eigenvalue weighted by molar-refractivity contribution is 5.43. The third kappa shape index (κ3) is 13.4. The van der Waals surface area contributed by atoms with Gasteiger partial charge < -0.3 is 39.7 Å². The van der Waals surface area contributed by atoms with E-state index in [2.05, 4.69) is 126 Å². The van der Waals surface area contributed by atoms with E-state index in [0.717, 1.165) is 90.6 Å². The molecule has 0 bridgehead atoms. The molecule has 0 spiro atoms. The highest BCUT2D eigenvalue weighted by atomic mass is 16.5. The zero-order valence-corrected chi connectivity index (χ0v) is 38.3. The Morgan fingerprint density at radius 3 is 1.12 bits per heavy atom. The van der Waals surface area contributed by atoms with E-state index >= 15 is 0 Å². The average Bonchev–Trinajstić information content (AvgIpc) is 3.12. The van der Waals surface area contributed by atoms with Crippen molar-refractivity contribution in [1.82, 2.24) is 40.5 Å². The minimum Gasteiger partial charge on any atom is -0.459 e. The summed E-state index contributed by atoms with van der Waals surface area (Å²) < 4.78 is 11.9. The van der Waals surface area contributed by atoms with Crippen molar-refractivity contribution in [3.8, 4) is 12.0 Å². The van der Waals surface area contributed by atoms with E-state index in [1.807, 2.05) is 0 Å². The number of rotatable bonds is 23. The molecule has 2 N–H and O–H groups in total. The normalized spacial score (nSPS) is 18.6. The molecule has 4 heterocycles.